The summed E-state index contributed by atoms with van der Waals surface area (Å²) in [6, 6.07) is 8.41. The summed E-state index contributed by atoms with van der Waals surface area (Å²) in [6.07, 6.45) is 0. The SMILES string of the molecule is Cc1cc[c-]cc1Cl.[CH3-].[U+2]. The smallest absolute Gasteiger partial charge is 0.358 e. The average molecular weight is 379 g/mol. The third kappa shape index (κ3) is 3.66. The average Bonchev–Trinajstić information content (AvgIpc) is 1.77. The van der Waals surface area contributed by atoms with Crippen molar-refractivity contribution in [2.24, 2.45) is 0 Å². The summed E-state index contributed by atoms with van der Waals surface area (Å²) in [4.78, 5) is 0. The molecule has 0 spiro atoms. The molecule has 0 nitrogen and oxygen atoms in total. The van der Waals surface area contributed by atoms with Gasteiger partial charge in [-0.25, -0.2) is 0 Å². The standard InChI is InChI=1S/C7H6Cl.CH3.U/c1-6-4-2-3-5-7(6)8;;/h2,4-5H,1H3;1H3;/q2*-1;+2. The molecule has 0 saturated heterocycles. The summed E-state index contributed by atoms with van der Waals surface area (Å²) in [5.41, 5.74) is 1.10. The van der Waals surface area contributed by atoms with Crippen molar-refractivity contribution in [3.05, 3.63) is 42.3 Å². The van der Waals surface area contributed by atoms with Gasteiger partial charge in [0.1, 0.15) is 0 Å². The summed E-state index contributed by atoms with van der Waals surface area (Å²) < 4.78 is 0. The van der Waals surface area contributed by atoms with Crippen molar-refractivity contribution in [2.75, 3.05) is 0 Å². The van der Waals surface area contributed by atoms with Crippen molar-refractivity contribution in [1.82, 2.24) is 0 Å². The van der Waals surface area contributed by atoms with E-state index < -0.39 is 0 Å². The van der Waals surface area contributed by atoms with E-state index in [1.807, 2.05) is 19.1 Å². The van der Waals surface area contributed by atoms with E-state index >= 15 is 0 Å². The van der Waals surface area contributed by atoms with Crippen LogP contribution in [0.3, 0.4) is 0 Å². The Balaban J connectivity index is 0. The van der Waals surface area contributed by atoms with Gasteiger partial charge < -0.3 is 7.43 Å². The predicted octanol–water partition coefficient (Wildman–Crippen LogP) is 2.90. The molecule has 0 radical (unpaired) electrons. The van der Waals surface area contributed by atoms with Crippen molar-refractivity contribution in [3.63, 3.8) is 0 Å². The van der Waals surface area contributed by atoms with Crippen LogP contribution in [0.2, 0.25) is 5.02 Å². The molecule has 0 aliphatic rings. The van der Waals surface area contributed by atoms with Crippen LogP contribution in [0.25, 0.3) is 0 Å². The zero-order valence-corrected chi connectivity index (χ0v) is 11.0. The molecule has 1 aromatic rings. The van der Waals surface area contributed by atoms with Crippen molar-refractivity contribution in [2.45, 2.75) is 6.92 Å². The van der Waals surface area contributed by atoms with Gasteiger partial charge in [0.25, 0.3) is 0 Å². The molecule has 0 amide bonds. The van der Waals surface area contributed by atoms with Crippen LogP contribution in [0.4, 0.5) is 0 Å². The molecule has 0 atom stereocenters. The summed E-state index contributed by atoms with van der Waals surface area (Å²) in [7, 11) is 0. The summed E-state index contributed by atoms with van der Waals surface area (Å²) in [6.45, 7) is 1.97. The predicted molar refractivity (Wildman–Crippen MR) is 41.4 cm³/mol. The van der Waals surface area contributed by atoms with Crippen molar-refractivity contribution >= 4 is 11.6 Å². The van der Waals surface area contributed by atoms with Crippen LogP contribution in [0.5, 0.6) is 0 Å². The summed E-state index contributed by atoms with van der Waals surface area (Å²) >= 11 is 5.68. The zero-order chi connectivity index (χ0) is 5.98. The van der Waals surface area contributed by atoms with Crippen LogP contribution in [0.1, 0.15) is 5.56 Å². The molecule has 0 aliphatic carbocycles. The molecule has 10 heavy (non-hydrogen) atoms. The Morgan fingerprint density at radius 2 is 2.10 bits per heavy atom. The third-order valence-electron chi connectivity index (χ3n) is 1.02. The Morgan fingerprint density at radius 3 is 2.40 bits per heavy atom. The minimum Gasteiger partial charge on any atom is -0.358 e. The van der Waals surface area contributed by atoms with Crippen molar-refractivity contribution in [3.8, 4) is 0 Å². The fraction of sp³-hybridized carbons (Fsp3) is 0.125. The maximum absolute atomic E-state index is 5.68. The number of hydrogen-bond acceptors (Lipinski definition) is 0. The van der Waals surface area contributed by atoms with Crippen LogP contribution in [0, 0.1) is 51.5 Å². The number of rotatable bonds is 0. The molecule has 0 aromatic heterocycles. The minimum atomic E-state index is 0. The van der Waals surface area contributed by atoms with Gasteiger partial charge in [-0.15, -0.1) is 5.56 Å². The van der Waals surface area contributed by atoms with Gasteiger partial charge in [-0.2, -0.15) is 35.9 Å². The van der Waals surface area contributed by atoms with Gasteiger partial charge in [0.2, 0.25) is 0 Å². The van der Waals surface area contributed by atoms with E-state index in [2.05, 4.69) is 6.07 Å². The number of benzene rings is 1. The quantitative estimate of drug-likeness (QED) is 0.609. The maximum atomic E-state index is 5.68. The summed E-state index contributed by atoms with van der Waals surface area (Å²) in [5.74, 6) is 0. The molecule has 0 bridgehead atoms. The first-order chi connectivity index (χ1) is 3.80. The Bertz CT molecular complexity index is 165. The van der Waals surface area contributed by atoms with Crippen molar-refractivity contribution < 1.29 is 31.1 Å². The van der Waals surface area contributed by atoms with Crippen molar-refractivity contribution in [1.29, 1.82) is 0 Å². The number of aryl methyl sites for hydroxylation is 1. The van der Waals surface area contributed by atoms with E-state index in [4.69, 9.17) is 11.6 Å². The van der Waals surface area contributed by atoms with Gasteiger partial charge in [-0.05, 0) is 0 Å². The van der Waals surface area contributed by atoms with Crippen LogP contribution in [-0.4, -0.2) is 0 Å². The molecule has 0 saturated carbocycles. The number of halogens is 1. The molecule has 2 heteroatoms. The van der Waals surface area contributed by atoms with E-state index in [9.17, 15) is 0 Å². The topological polar surface area (TPSA) is 0 Å². The van der Waals surface area contributed by atoms with Crippen LogP contribution < -0.4 is 0 Å². The fourth-order valence-corrected chi connectivity index (χ4v) is 0.614. The van der Waals surface area contributed by atoms with Crippen LogP contribution >= 0.6 is 11.6 Å². The molecule has 0 fully saturated rings. The van der Waals surface area contributed by atoms with E-state index in [1.54, 1.807) is 6.07 Å². The van der Waals surface area contributed by atoms with Gasteiger partial charge in [0.15, 0.2) is 0 Å². The molecule has 0 aliphatic heterocycles. The normalized spacial score (nSPS) is 7.40. The molecule has 0 heterocycles. The van der Waals surface area contributed by atoms with Gasteiger partial charge in [-0.3, -0.25) is 0 Å². The van der Waals surface area contributed by atoms with E-state index in [-0.39, 0.29) is 38.5 Å². The molecule has 52 valence electrons. The Morgan fingerprint density at radius 1 is 1.50 bits per heavy atom. The monoisotopic (exact) mass is 378 g/mol. The van der Waals surface area contributed by atoms with Gasteiger partial charge in [-0.1, -0.05) is 11.9 Å². The van der Waals surface area contributed by atoms with E-state index in [1.165, 1.54) is 0 Å². The Hall–Kier alpha value is 0.562. The number of hydrogen-bond donors (Lipinski definition) is 0. The van der Waals surface area contributed by atoms with Gasteiger partial charge in [0.05, 0.1) is 0 Å². The van der Waals surface area contributed by atoms with Crippen LogP contribution in [0.15, 0.2) is 18.2 Å². The first-order valence-electron chi connectivity index (χ1n) is 2.43. The summed E-state index contributed by atoms with van der Waals surface area (Å²) in [5, 5.41) is 0.785. The molecule has 1 rings (SSSR count). The Kier molecular flexibility index (Phi) is 8.28. The molecular formula is C8H9ClU. The zero-order valence-electron chi connectivity index (χ0n) is 6.11. The second kappa shape index (κ2) is 6.28. The third-order valence-corrected chi connectivity index (χ3v) is 1.42. The fourth-order valence-electron chi connectivity index (χ4n) is 0.488. The second-order valence-electron chi connectivity index (χ2n) is 1.68. The molecule has 0 N–H and O–H groups in total. The maximum Gasteiger partial charge on any atom is 2.00 e. The first-order valence-corrected chi connectivity index (χ1v) is 2.80. The minimum absolute atomic E-state index is 0. The van der Waals surface area contributed by atoms with E-state index in [0.717, 1.165) is 10.6 Å². The molecule has 1 aromatic carbocycles. The Labute approximate surface area is 91.4 Å². The molecular weight excluding hydrogens is 370 g/mol. The van der Waals surface area contributed by atoms with Gasteiger partial charge in [0, 0.05) is 0 Å². The first kappa shape index (κ1) is 13.2. The molecule has 0 unspecified atom stereocenters. The second-order valence-corrected chi connectivity index (χ2v) is 2.08. The van der Waals surface area contributed by atoms with Crippen LogP contribution in [-0.2, 0) is 0 Å². The van der Waals surface area contributed by atoms with E-state index in [0.29, 0.717) is 0 Å². The van der Waals surface area contributed by atoms with Gasteiger partial charge >= 0.3 is 31.1 Å². The largest absolute Gasteiger partial charge is 2.00 e.